The molecule has 3 heterocycles. The van der Waals surface area contributed by atoms with Crippen molar-refractivity contribution in [2.75, 3.05) is 31.2 Å². The van der Waals surface area contributed by atoms with E-state index in [1.807, 2.05) is 0 Å². The smallest absolute Gasteiger partial charge is 0.188 e. The summed E-state index contributed by atoms with van der Waals surface area (Å²) in [5, 5.41) is 1.08. The summed E-state index contributed by atoms with van der Waals surface area (Å²) in [5.41, 5.74) is 6.26. The quantitative estimate of drug-likeness (QED) is 0.715. The topological polar surface area (TPSA) is 38.2 Å². The van der Waals surface area contributed by atoms with Crippen molar-refractivity contribution in [3.05, 3.63) is 41.6 Å². The molecular formula is C19H19N3OS. The predicted octanol–water partition coefficient (Wildman–Crippen LogP) is 3.68. The van der Waals surface area contributed by atoms with E-state index in [-0.39, 0.29) is 0 Å². The number of aromatic nitrogens is 2. The Kier molecular flexibility index (Phi) is 3.49. The summed E-state index contributed by atoms with van der Waals surface area (Å²) >= 11 is 1.79. The number of benzene rings is 1. The maximum Gasteiger partial charge on any atom is 0.188 e. The molecule has 24 heavy (non-hydrogen) atoms. The van der Waals surface area contributed by atoms with Crippen molar-refractivity contribution >= 4 is 26.8 Å². The minimum atomic E-state index is 0.783. The fourth-order valence-electron chi connectivity index (χ4n) is 3.73. The predicted molar refractivity (Wildman–Crippen MR) is 97.9 cm³/mol. The molecule has 1 saturated heterocycles. The Morgan fingerprint density at radius 1 is 1.00 bits per heavy atom. The van der Waals surface area contributed by atoms with E-state index >= 15 is 0 Å². The van der Waals surface area contributed by atoms with Gasteiger partial charge in [0.2, 0.25) is 0 Å². The third-order valence-corrected chi connectivity index (χ3v) is 6.02. The second-order valence-electron chi connectivity index (χ2n) is 6.38. The van der Waals surface area contributed by atoms with E-state index in [9.17, 15) is 0 Å². The molecule has 0 N–H and O–H groups in total. The molecule has 1 aliphatic carbocycles. The van der Waals surface area contributed by atoms with E-state index in [4.69, 9.17) is 14.7 Å². The highest BCUT2D eigenvalue weighted by molar-refractivity contribution is 7.22. The summed E-state index contributed by atoms with van der Waals surface area (Å²) < 4.78 is 6.71. The number of morpholine rings is 1. The molecule has 5 rings (SSSR count). The Bertz CT molecular complexity index is 885. The first-order chi connectivity index (χ1) is 11.9. The van der Waals surface area contributed by atoms with Gasteiger partial charge in [-0.15, -0.1) is 0 Å². The van der Waals surface area contributed by atoms with Crippen molar-refractivity contribution in [2.24, 2.45) is 0 Å². The van der Waals surface area contributed by atoms with Crippen LogP contribution in [0.1, 0.15) is 17.7 Å². The number of aryl methyl sites for hydroxylation is 1. The van der Waals surface area contributed by atoms with E-state index < -0.39 is 0 Å². The van der Waals surface area contributed by atoms with Crippen molar-refractivity contribution in [2.45, 2.75) is 19.3 Å². The lowest BCUT2D eigenvalue weighted by Gasteiger charge is -2.25. The van der Waals surface area contributed by atoms with Gasteiger partial charge in [0.15, 0.2) is 10.8 Å². The zero-order valence-electron chi connectivity index (χ0n) is 13.5. The van der Waals surface area contributed by atoms with Gasteiger partial charge in [-0.3, -0.25) is 0 Å². The molecule has 122 valence electrons. The average molecular weight is 337 g/mol. The van der Waals surface area contributed by atoms with Gasteiger partial charge in [-0.05, 0) is 30.4 Å². The number of nitrogens with zero attached hydrogens (tertiary/aromatic N) is 3. The lowest BCUT2D eigenvalue weighted by molar-refractivity contribution is 0.122. The third kappa shape index (κ3) is 2.31. The minimum absolute atomic E-state index is 0.783. The van der Waals surface area contributed by atoms with Gasteiger partial charge in [0.25, 0.3) is 0 Å². The molecule has 0 unspecified atom stereocenters. The Morgan fingerprint density at radius 3 is 2.67 bits per heavy atom. The average Bonchev–Trinajstić information content (AvgIpc) is 3.27. The number of fused-ring (bicyclic) bond motifs is 2. The van der Waals surface area contributed by atoms with Gasteiger partial charge in [0, 0.05) is 24.3 Å². The fraction of sp³-hybridized carbons (Fsp3) is 0.368. The molecule has 0 amide bonds. The Hall–Kier alpha value is -1.98. The SMILES string of the molecule is c1ccc(-c2c3c(nc4nc(N5CCOCC5)sc24)CCC3)cc1. The molecule has 0 saturated carbocycles. The lowest BCUT2D eigenvalue weighted by Crippen LogP contribution is -2.36. The Morgan fingerprint density at radius 2 is 1.83 bits per heavy atom. The van der Waals surface area contributed by atoms with Gasteiger partial charge in [-0.1, -0.05) is 41.7 Å². The molecular weight excluding hydrogens is 318 g/mol. The first-order valence-electron chi connectivity index (χ1n) is 8.60. The molecule has 3 aromatic rings. The van der Waals surface area contributed by atoms with Gasteiger partial charge in [0.05, 0.1) is 17.9 Å². The van der Waals surface area contributed by atoms with Crippen LogP contribution in [-0.2, 0) is 17.6 Å². The second-order valence-corrected chi connectivity index (χ2v) is 7.36. The fourth-order valence-corrected chi connectivity index (χ4v) is 4.88. The Balaban J connectivity index is 1.71. The van der Waals surface area contributed by atoms with E-state index in [1.54, 1.807) is 11.3 Å². The van der Waals surface area contributed by atoms with Gasteiger partial charge in [0.1, 0.15) is 0 Å². The first-order valence-corrected chi connectivity index (χ1v) is 9.42. The molecule has 2 aliphatic rings. The van der Waals surface area contributed by atoms with Gasteiger partial charge < -0.3 is 9.64 Å². The minimum Gasteiger partial charge on any atom is -0.378 e. The van der Waals surface area contributed by atoms with Gasteiger partial charge in [-0.25, -0.2) is 4.98 Å². The molecule has 1 fully saturated rings. The normalized spacial score (nSPS) is 17.4. The molecule has 5 heteroatoms. The van der Waals surface area contributed by atoms with Crippen molar-refractivity contribution < 1.29 is 4.74 Å². The summed E-state index contributed by atoms with van der Waals surface area (Å²) in [6.45, 7) is 3.40. The molecule has 0 atom stereocenters. The van der Waals surface area contributed by atoms with Crippen LogP contribution in [0.2, 0.25) is 0 Å². The highest BCUT2D eigenvalue weighted by atomic mass is 32.1. The lowest BCUT2D eigenvalue weighted by atomic mass is 10.00. The molecule has 2 aromatic heterocycles. The van der Waals surface area contributed by atoms with Gasteiger partial charge >= 0.3 is 0 Å². The zero-order valence-corrected chi connectivity index (χ0v) is 14.3. The van der Waals surface area contributed by atoms with Gasteiger partial charge in [-0.2, -0.15) is 4.98 Å². The highest BCUT2D eigenvalue weighted by Gasteiger charge is 2.24. The van der Waals surface area contributed by atoms with E-state index in [0.717, 1.165) is 49.9 Å². The van der Waals surface area contributed by atoms with Crippen molar-refractivity contribution in [3.63, 3.8) is 0 Å². The second kappa shape index (κ2) is 5.83. The molecule has 1 aromatic carbocycles. The van der Waals surface area contributed by atoms with E-state index in [0.29, 0.717) is 0 Å². The Labute approximate surface area is 145 Å². The molecule has 0 spiro atoms. The van der Waals surface area contributed by atoms with Crippen LogP contribution in [0.5, 0.6) is 0 Å². The number of pyridine rings is 1. The first kappa shape index (κ1) is 14.4. The van der Waals surface area contributed by atoms with Crippen molar-refractivity contribution in [1.82, 2.24) is 9.97 Å². The number of hydrogen-bond acceptors (Lipinski definition) is 5. The number of hydrogen-bond donors (Lipinski definition) is 0. The summed E-state index contributed by atoms with van der Waals surface area (Å²) in [7, 11) is 0. The van der Waals surface area contributed by atoms with E-state index in [2.05, 4.69) is 35.2 Å². The highest BCUT2D eigenvalue weighted by Crippen LogP contribution is 2.41. The van der Waals surface area contributed by atoms with Crippen LogP contribution >= 0.6 is 11.3 Å². The van der Waals surface area contributed by atoms with Crippen LogP contribution in [0.25, 0.3) is 21.5 Å². The third-order valence-electron chi connectivity index (χ3n) is 4.90. The number of rotatable bonds is 2. The number of thiazole rings is 1. The van der Waals surface area contributed by atoms with Crippen LogP contribution in [0.4, 0.5) is 5.13 Å². The monoisotopic (exact) mass is 337 g/mol. The molecule has 4 nitrogen and oxygen atoms in total. The van der Waals surface area contributed by atoms with E-state index in [1.165, 1.54) is 33.5 Å². The maximum absolute atomic E-state index is 5.47. The van der Waals surface area contributed by atoms with Crippen molar-refractivity contribution in [3.8, 4) is 11.1 Å². The van der Waals surface area contributed by atoms with Crippen LogP contribution < -0.4 is 4.90 Å². The number of ether oxygens (including phenoxy) is 1. The summed E-state index contributed by atoms with van der Waals surface area (Å²) in [6, 6.07) is 10.7. The maximum atomic E-state index is 5.47. The molecule has 0 bridgehead atoms. The van der Waals surface area contributed by atoms with Crippen LogP contribution in [0.3, 0.4) is 0 Å². The zero-order chi connectivity index (χ0) is 15.9. The largest absolute Gasteiger partial charge is 0.378 e. The summed E-state index contributed by atoms with van der Waals surface area (Å²) in [4.78, 5) is 12.1. The molecule has 1 aliphatic heterocycles. The summed E-state index contributed by atoms with van der Waals surface area (Å²) in [6.07, 6.45) is 3.42. The summed E-state index contributed by atoms with van der Waals surface area (Å²) in [5.74, 6) is 0. The van der Waals surface area contributed by atoms with Crippen LogP contribution in [0.15, 0.2) is 30.3 Å². The molecule has 0 radical (unpaired) electrons. The van der Waals surface area contributed by atoms with Crippen LogP contribution in [0, 0.1) is 0 Å². The number of anilines is 1. The van der Waals surface area contributed by atoms with Crippen molar-refractivity contribution in [1.29, 1.82) is 0 Å². The van der Waals surface area contributed by atoms with Crippen LogP contribution in [-0.4, -0.2) is 36.3 Å². The standard InChI is InChI=1S/C19H19N3OS/c1-2-5-13(6-3-1)16-14-7-4-8-15(14)20-18-17(16)24-19(21-18)22-9-11-23-12-10-22/h1-3,5-6H,4,7-12H2.